The van der Waals surface area contributed by atoms with Crippen LogP contribution in [0.4, 0.5) is 5.82 Å². The van der Waals surface area contributed by atoms with E-state index in [0.717, 1.165) is 45.4 Å². The van der Waals surface area contributed by atoms with Gasteiger partial charge in [0.2, 0.25) is 0 Å². The first-order valence-electron chi connectivity index (χ1n) is 9.14. The summed E-state index contributed by atoms with van der Waals surface area (Å²) in [7, 11) is 0. The summed E-state index contributed by atoms with van der Waals surface area (Å²) >= 11 is 6.07. The molecule has 0 amide bonds. The van der Waals surface area contributed by atoms with Crippen LogP contribution >= 0.6 is 11.6 Å². The normalized spacial score (nSPS) is 13.2. The predicted octanol–water partition coefficient (Wildman–Crippen LogP) is 5.87. The van der Waals surface area contributed by atoms with Crippen LogP contribution in [0, 0.1) is 6.92 Å². The van der Waals surface area contributed by atoms with Crippen molar-refractivity contribution in [1.29, 1.82) is 0 Å². The van der Waals surface area contributed by atoms with Crippen LogP contribution in [0.25, 0.3) is 16.8 Å². The Kier molecular flexibility index (Phi) is 4.98. The molecule has 0 saturated heterocycles. The lowest BCUT2D eigenvalue weighted by Crippen LogP contribution is -2.20. The average molecular weight is 371 g/mol. The van der Waals surface area contributed by atoms with Crippen molar-refractivity contribution >= 4 is 23.1 Å². The number of rotatable bonds is 4. The fraction of sp³-hybridized carbons (Fsp3) is 0.429. The van der Waals surface area contributed by atoms with Crippen LogP contribution < -0.4 is 5.32 Å². The Bertz CT molecular complexity index is 920. The summed E-state index contributed by atoms with van der Waals surface area (Å²) < 4.78 is 1.93. The van der Waals surface area contributed by atoms with E-state index in [9.17, 15) is 0 Å². The van der Waals surface area contributed by atoms with Crippen molar-refractivity contribution in [3.05, 3.63) is 46.7 Å². The van der Waals surface area contributed by atoms with E-state index in [1.807, 2.05) is 35.7 Å². The number of aryl methyl sites for hydroxylation is 1. The second kappa shape index (κ2) is 6.92. The maximum absolute atomic E-state index is 6.07. The second-order valence-corrected chi connectivity index (χ2v) is 8.37. The number of halogens is 1. The Labute approximate surface area is 160 Å². The molecule has 5 heteroatoms. The van der Waals surface area contributed by atoms with Crippen LogP contribution in [0.3, 0.4) is 0 Å². The van der Waals surface area contributed by atoms with Crippen LogP contribution in [0.15, 0.2) is 30.3 Å². The Morgan fingerprint density at radius 2 is 1.85 bits per heavy atom. The maximum atomic E-state index is 6.07. The fourth-order valence-electron chi connectivity index (χ4n) is 2.92. The largest absolute Gasteiger partial charge is 0.367 e. The molecule has 0 saturated carbocycles. The summed E-state index contributed by atoms with van der Waals surface area (Å²) in [4.78, 5) is 4.99. The van der Waals surface area contributed by atoms with Gasteiger partial charge in [0.05, 0.1) is 11.4 Å². The molecule has 3 aromatic rings. The highest BCUT2D eigenvalue weighted by Gasteiger charge is 2.22. The molecule has 0 radical (unpaired) electrons. The van der Waals surface area contributed by atoms with Crippen LogP contribution in [0.2, 0.25) is 5.02 Å². The second-order valence-electron chi connectivity index (χ2n) is 7.93. The molecular weight excluding hydrogens is 344 g/mol. The Balaban J connectivity index is 2.28. The number of hydrogen-bond acceptors (Lipinski definition) is 3. The zero-order chi connectivity index (χ0) is 19.1. The van der Waals surface area contributed by atoms with Gasteiger partial charge in [-0.2, -0.15) is 9.61 Å². The number of hydrogen-bond donors (Lipinski definition) is 1. The van der Waals surface area contributed by atoms with Crippen molar-refractivity contribution in [2.24, 2.45) is 0 Å². The lowest BCUT2D eigenvalue weighted by Gasteiger charge is -2.21. The fourth-order valence-corrected chi connectivity index (χ4v) is 3.05. The average Bonchev–Trinajstić information content (AvgIpc) is 2.91. The minimum Gasteiger partial charge on any atom is -0.367 e. The number of anilines is 1. The van der Waals surface area contributed by atoms with Gasteiger partial charge in [0.1, 0.15) is 5.82 Å². The van der Waals surface area contributed by atoms with E-state index in [2.05, 4.69) is 46.0 Å². The topological polar surface area (TPSA) is 42.2 Å². The van der Waals surface area contributed by atoms with Gasteiger partial charge in [-0.15, -0.1) is 0 Å². The standard InChI is InChI=1S/C21H27ClN4/c1-7-13(2)23-18-12-17(21(4,5)6)24-20-19(14(3)25-26(18)20)15-8-10-16(22)11-9-15/h8-13,23H,7H2,1-6H3/t13-/m0/s1. The molecule has 3 rings (SSSR count). The van der Waals surface area contributed by atoms with Gasteiger partial charge >= 0.3 is 0 Å². The van der Waals surface area contributed by atoms with Gasteiger partial charge in [-0.3, -0.25) is 0 Å². The van der Waals surface area contributed by atoms with Gasteiger partial charge in [-0.25, -0.2) is 4.98 Å². The van der Waals surface area contributed by atoms with Gasteiger partial charge in [0.15, 0.2) is 5.65 Å². The van der Waals surface area contributed by atoms with Crippen molar-refractivity contribution in [3.63, 3.8) is 0 Å². The third-order valence-corrected chi connectivity index (χ3v) is 4.92. The van der Waals surface area contributed by atoms with E-state index in [4.69, 9.17) is 21.7 Å². The summed E-state index contributed by atoms with van der Waals surface area (Å²) in [6.45, 7) is 12.9. The molecular formula is C21H27ClN4. The monoisotopic (exact) mass is 370 g/mol. The number of aromatic nitrogens is 3. The highest BCUT2D eigenvalue weighted by atomic mass is 35.5. The molecule has 0 bridgehead atoms. The SMILES string of the molecule is CC[C@H](C)Nc1cc(C(C)(C)C)nc2c(-c3ccc(Cl)cc3)c(C)nn12. The molecule has 0 spiro atoms. The van der Waals surface area contributed by atoms with E-state index >= 15 is 0 Å². The molecule has 2 heterocycles. The number of nitrogens with zero attached hydrogens (tertiary/aromatic N) is 3. The van der Waals surface area contributed by atoms with E-state index in [1.165, 1.54) is 0 Å². The summed E-state index contributed by atoms with van der Waals surface area (Å²) in [5, 5.41) is 9.10. The van der Waals surface area contributed by atoms with E-state index in [0.29, 0.717) is 6.04 Å². The Hall–Kier alpha value is -2.07. The first-order valence-corrected chi connectivity index (χ1v) is 9.52. The molecule has 4 nitrogen and oxygen atoms in total. The molecule has 0 aliphatic rings. The van der Waals surface area contributed by atoms with Gasteiger partial charge < -0.3 is 5.32 Å². The van der Waals surface area contributed by atoms with Gasteiger partial charge in [-0.05, 0) is 38.0 Å². The predicted molar refractivity (Wildman–Crippen MR) is 110 cm³/mol. The third kappa shape index (κ3) is 3.56. The lowest BCUT2D eigenvalue weighted by atomic mass is 9.91. The van der Waals surface area contributed by atoms with E-state index in [1.54, 1.807) is 0 Å². The summed E-state index contributed by atoms with van der Waals surface area (Å²) in [5.74, 6) is 0.984. The smallest absolute Gasteiger partial charge is 0.165 e. The molecule has 1 N–H and O–H groups in total. The molecule has 0 aliphatic carbocycles. The summed E-state index contributed by atoms with van der Waals surface area (Å²) in [6, 6.07) is 10.4. The first-order chi connectivity index (χ1) is 12.2. The zero-order valence-electron chi connectivity index (χ0n) is 16.4. The molecule has 26 heavy (non-hydrogen) atoms. The van der Waals surface area contributed by atoms with Gasteiger partial charge in [0.25, 0.3) is 0 Å². The van der Waals surface area contributed by atoms with Crippen molar-refractivity contribution in [2.45, 2.75) is 59.4 Å². The van der Waals surface area contributed by atoms with Crippen LogP contribution in [-0.2, 0) is 5.41 Å². The van der Waals surface area contributed by atoms with Crippen molar-refractivity contribution in [3.8, 4) is 11.1 Å². The highest BCUT2D eigenvalue weighted by Crippen LogP contribution is 2.32. The van der Waals surface area contributed by atoms with Gasteiger partial charge in [-0.1, -0.05) is 51.4 Å². The van der Waals surface area contributed by atoms with Crippen molar-refractivity contribution in [2.75, 3.05) is 5.32 Å². The first kappa shape index (κ1) is 18.7. The third-order valence-electron chi connectivity index (χ3n) is 4.67. The zero-order valence-corrected chi connectivity index (χ0v) is 17.1. The molecule has 1 aromatic carbocycles. The number of benzene rings is 1. The minimum absolute atomic E-state index is 0.0525. The van der Waals surface area contributed by atoms with Crippen molar-refractivity contribution in [1.82, 2.24) is 14.6 Å². The molecule has 2 aromatic heterocycles. The number of nitrogens with one attached hydrogen (secondary N) is 1. The van der Waals surface area contributed by atoms with Crippen LogP contribution in [-0.4, -0.2) is 20.6 Å². The van der Waals surface area contributed by atoms with E-state index < -0.39 is 0 Å². The van der Waals surface area contributed by atoms with Crippen LogP contribution in [0.1, 0.15) is 52.4 Å². The van der Waals surface area contributed by atoms with Crippen LogP contribution in [0.5, 0.6) is 0 Å². The lowest BCUT2D eigenvalue weighted by molar-refractivity contribution is 0.568. The molecule has 0 unspecified atom stereocenters. The molecule has 0 fully saturated rings. The summed E-state index contributed by atoms with van der Waals surface area (Å²) in [6.07, 6.45) is 1.04. The Morgan fingerprint density at radius 3 is 2.42 bits per heavy atom. The van der Waals surface area contributed by atoms with Crippen molar-refractivity contribution < 1.29 is 0 Å². The van der Waals surface area contributed by atoms with E-state index in [-0.39, 0.29) is 5.41 Å². The Morgan fingerprint density at radius 1 is 1.19 bits per heavy atom. The van der Waals surface area contributed by atoms with Gasteiger partial charge in [0, 0.05) is 28.1 Å². The molecule has 1 atom stereocenters. The summed E-state index contributed by atoms with van der Waals surface area (Å²) in [5.41, 5.74) is 4.96. The molecule has 0 aliphatic heterocycles. The molecule has 138 valence electrons. The minimum atomic E-state index is -0.0525. The maximum Gasteiger partial charge on any atom is 0.165 e. The number of fused-ring (bicyclic) bond motifs is 1. The highest BCUT2D eigenvalue weighted by molar-refractivity contribution is 6.30. The quantitative estimate of drug-likeness (QED) is 0.624.